The fraction of sp³-hybridized carbons (Fsp3) is 0.136. The average Bonchev–Trinajstić information content (AvgIpc) is 3.32. The molecule has 0 saturated carbocycles. The highest BCUT2D eigenvalue weighted by molar-refractivity contribution is 6.33. The van der Waals surface area contributed by atoms with Crippen molar-refractivity contribution in [2.75, 3.05) is 30.4 Å². The van der Waals surface area contributed by atoms with Crippen LogP contribution in [0.3, 0.4) is 0 Å². The van der Waals surface area contributed by atoms with Crippen molar-refractivity contribution in [1.82, 2.24) is 19.5 Å². The number of halogens is 1. The van der Waals surface area contributed by atoms with Gasteiger partial charge in [0.05, 0.1) is 0 Å². The van der Waals surface area contributed by atoms with E-state index in [9.17, 15) is 9.90 Å². The van der Waals surface area contributed by atoms with Gasteiger partial charge in [-0.3, -0.25) is 4.90 Å². The Morgan fingerprint density at radius 3 is 2.61 bits per heavy atom. The Hall–Kier alpha value is -3.78. The Balaban J connectivity index is 1.37. The number of fused-ring (bicyclic) bond motifs is 1. The second kappa shape index (κ2) is 7.48. The molecule has 9 heteroatoms. The zero-order chi connectivity index (χ0) is 21.5. The summed E-state index contributed by atoms with van der Waals surface area (Å²) in [5, 5.41) is 18.0. The van der Waals surface area contributed by atoms with Gasteiger partial charge < -0.3 is 15.3 Å². The normalized spacial score (nSPS) is 13.9. The SMILES string of the molecule is CN1CCN(c2ccc(Nc3nc4ccc(-c5cc(O)ccc5Cl)cn4n3)cc2)C1=O. The van der Waals surface area contributed by atoms with E-state index in [1.54, 1.807) is 39.6 Å². The molecule has 2 aromatic carbocycles. The van der Waals surface area contributed by atoms with Gasteiger partial charge in [0.25, 0.3) is 0 Å². The summed E-state index contributed by atoms with van der Waals surface area (Å²) in [6.07, 6.45) is 1.81. The molecule has 0 aliphatic carbocycles. The topological polar surface area (TPSA) is 86.0 Å². The summed E-state index contributed by atoms with van der Waals surface area (Å²) >= 11 is 6.28. The number of hydrogen-bond acceptors (Lipinski definition) is 5. The van der Waals surface area contributed by atoms with Crippen LogP contribution in [0.1, 0.15) is 0 Å². The predicted octanol–water partition coefficient (Wildman–Crippen LogP) is 4.37. The van der Waals surface area contributed by atoms with Gasteiger partial charge in [-0.15, -0.1) is 5.10 Å². The number of carbonyl (C=O) groups is 1. The van der Waals surface area contributed by atoms with E-state index in [2.05, 4.69) is 15.4 Å². The minimum absolute atomic E-state index is 0.00497. The quantitative estimate of drug-likeness (QED) is 0.498. The fourth-order valence-electron chi connectivity index (χ4n) is 3.57. The fourth-order valence-corrected chi connectivity index (χ4v) is 3.80. The van der Waals surface area contributed by atoms with Gasteiger partial charge in [-0.1, -0.05) is 11.6 Å². The Kier molecular flexibility index (Phi) is 4.63. The van der Waals surface area contributed by atoms with Crippen LogP contribution in [0.15, 0.2) is 60.8 Å². The molecular weight excluding hydrogens is 416 g/mol. The molecule has 31 heavy (non-hydrogen) atoms. The van der Waals surface area contributed by atoms with Gasteiger partial charge >= 0.3 is 6.03 Å². The Bertz CT molecular complexity index is 1290. The van der Waals surface area contributed by atoms with E-state index in [1.807, 2.05) is 42.6 Å². The maximum Gasteiger partial charge on any atom is 0.324 e. The zero-order valence-electron chi connectivity index (χ0n) is 16.7. The number of nitrogens with one attached hydrogen (secondary N) is 1. The summed E-state index contributed by atoms with van der Waals surface area (Å²) in [4.78, 5) is 20.1. The van der Waals surface area contributed by atoms with Crippen molar-refractivity contribution in [1.29, 1.82) is 0 Å². The third-order valence-corrected chi connectivity index (χ3v) is 5.57. The number of rotatable bonds is 4. The van der Waals surface area contributed by atoms with Crippen molar-refractivity contribution < 1.29 is 9.90 Å². The summed E-state index contributed by atoms with van der Waals surface area (Å²) in [5.41, 5.74) is 3.87. The number of phenolic OH excluding ortho intramolecular Hbond substituents is 1. The summed E-state index contributed by atoms with van der Waals surface area (Å²) in [5.74, 6) is 0.593. The van der Waals surface area contributed by atoms with Gasteiger partial charge in [-0.25, -0.2) is 9.31 Å². The van der Waals surface area contributed by atoms with Gasteiger partial charge in [0.1, 0.15) is 5.75 Å². The van der Waals surface area contributed by atoms with Gasteiger partial charge in [0, 0.05) is 53.9 Å². The van der Waals surface area contributed by atoms with Crippen LogP contribution in [0.4, 0.5) is 22.1 Å². The Labute approximate surface area is 183 Å². The van der Waals surface area contributed by atoms with Crippen LogP contribution in [-0.2, 0) is 0 Å². The van der Waals surface area contributed by atoms with Crippen molar-refractivity contribution in [3.05, 3.63) is 65.8 Å². The molecule has 1 aliphatic heterocycles. The standard InChI is InChI=1S/C22H19ClN6O2/c1-27-10-11-28(22(27)31)16-5-3-15(4-6-16)24-21-25-20-9-2-14(13-29(20)26-21)18-12-17(30)7-8-19(18)23/h2-9,12-13,30H,10-11H2,1H3,(H,24,26). The first-order valence-electron chi connectivity index (χ1n) is 9.73. The summed E-state index contributed by atoms with van der Waals surface area (Å²) in [6, 6.07) is 16.1. The monoisotopic (exact) mass is 434 g/mol. The smallest absolute Gasteiger partial charge is 0.324 e. The molecule has 0 unspecified atom stereocenters. The van der Waals surface area contributed by atoms with E-state index in [1.165, 1.54) is 0 Å². The first-order valence-corrected chi connectivity index (χ1v) is 10.1. The number of amides is 2. The number of hydrogen-bond donors (Lipinski definition) is 2. The Morgan fingerprint density at radius 1 is 1.06 bits per heavy atom. The number of likely N-dealkylation sites (N-methyl/N-ethyl adjacent to an activating group) is 1. The largest absolute Gasteiger partial charge is 0.508 e. The summed E-state index contributed by atoms with van der Waals surface area (Å²) in [6.45, 7) is 1.40. The minimum atomic E-state index is 0.00497. The molecule has 2 aromatic heterocycles. The molecule has 2 N–H and O–H groups in total. The highest BCUT2D eigenvalue weighted by Crippen LogP contribution is 2.31. The Morgan fingerprint density at radius 2 is 1.87 bits per heavy atom. The molecule has 1 saturated heterocycles. The molecule has 1 aliphatic rings. The molecule has 0 spiro atoms. The van der Waals surface area contributed by atoms with Crippen molar-refractivity contribution in [3.63, 3.8) is 0 Å². The lowest BCUT2D eigenvalue weighted by atomic mass is 10.1. The van der Waals surface area contributed by atoms with E-state index < -0.39 is 0 Å². The van der Waals surface area contributed by atoms with Crippen LogP contribution in [0.25, 0.3) is 16.8 Å². The molecule has 3 heterocycles. The second-order valence-electron chi connectivity index (χ2n) is 7.35. The lowest BCUT2D eigenvalue weighted by Gasteiger charge is -2.16. The summed E-state index contributed by atoms with van der Waals surface area (Å²) in [7, 11) is 1.80. The molecular formula is C22H19ClN6O2. The van der Waals surface area contributed by atoms with Crippen molar-refractivity contribution in [2.24, 2.45) is 0 Å². The van der Waals surface area contributed by atoms with E-state index in [0.717, 1.165) is 23.5 Å². The van der Waals surface area contributed by atoms with Crippen LogP contribution >= 0.6 is 11.6 Å². The maximum absolute atomic E-state index is 12.1. The number of benzene rings is 2. The highest BCUT2D eigenvalue weighted by atomic mass is 35.5. The van der Waals surface area contributed by atoms with Gasteiger partial charge in [-0.05, 0) is 54.6 Å². The summed E-state index contributed by atoms with van der Waals surface area (Å²) < 4.78 is 1.66. The van der Waals surface area contributed by atoms with E-state index in [0.29, 0.717) is 28.7 Å². The zero-order valence-corrected chi connectivity index (χ0v) is 17.4. The molecule has 2 amide bonds. The lowest BCUT2D eigenvalue weighted by Crippen LogP contribution is -2.29. The second-order valence-corrected chi connectivity index (χ2v) is 7.75. The number of phenols is 1. The molecule has 4 aromatic rings. The number of carbonyl (C=O) groups excluding carboxylic acids is 1. The number of nitrogens with zero attached hydrogens (tertiary/aromatic N) is 5. The van der Waals surface area contributed by atoms with E-state index in [-0.39, 0.29) is 11.8 Å². The van der Waals surface area contributed by atoms with Gasteiger partial charge in [0.2, 0.25) is 5.95 Å². The third kappa shape index (κ3) is 3.62. The molecule has 0 atom stereocenters. The maximum atomic E-state index is 12.1. The van der Waals surface area contributed by atoms with Crippen molar-refractivity contribution in [3.8, 4) is 16.9 Å². The van der Waals surface area contributed by atoms with E-state index >= 15 is 0 Å². The number of aromatic nitrogens is 3. The van der Waals surface area contributed by atoms with E-state index in [4.69, 9.17) is 11.6 Å². The lowest BCUT2D eigenvalue weighted by molar-refractivity contribution is 0.229. The predicted molar refractivity (Wildman–Crippen MR) is 120 cm³/mol. The molecule has 0 radical (unpaired) electrons. The van der Waals surface area contributed by atoms with Crippen LogP contribution in [0, 0.1) is 0 Å². The molecule has 8 nitrogen and oxygen atoms in total. The minimum Gasteiger partial charge on any atom is -0.508 e. The van der Waals surface area contributed by atoms with Crippen LogP contribution < -0.4 is 10.2 Å². The van der Waals surface area contributed by atoms with Crippen LogP contribution in [0.5, 0.6) is 5.75 Å². The highest BCUT2D eigenvalue weighted by Gasteiger charge is 2.26. The van der Waals surface area contributed by atoms with Crippen LogP contribution in [0.2, 0.25) is 5.02 Å². The van der Waals surface area contributed by atoms with Crippen molar-refractivity contribution in [2.45, 2.75) is 0 Å². The number of anilines is 3. The van der Waals surface area contributed by atoms with Gasteiger partial charge in [-0.2, -0.15) is 4.98 Å². The first kappa shape index (κ1) is 19.2. The van der Waals surface area contributed by atoms with Crippen molar-refractivity contribution >= 4 is 40.6 Å². The average molecular weight is 435 g/mol. The molecule has 1 fully saturated rings. The number of pyridine rings is 1. The first-order chi connectivity index (χ1) is 15.0. The molecule has 0 bridgehead atoms. The van der Waals surface area contributed by atoms with Gasteiger partial charge in [0.15, 0.2) is 5.65 Å². The number of urea groups is 1. The number of aromatic hydroxyl groups is 1. The third-order valence-electron chi connectivity index (χ3n) is 5.24. The molecule has 156 valence electrons. The molecule has 5 rings (SSSR count). The van der Waals surface area contributed by atoms with Crippen LogP contribution in [-0.4, -0.2) is 50.8 Å².